The average Bonchev–Trinajstić information content (AvgIpc) is 3.11. The topological polar surface area (TPSA) is 60.2 Å². The molecule has 1 aliphatic rings. The molecule has 0 radical (unpaired) electrons. The molecule has 0 spiro atoms. The zero-order valence-electron chi connectivity index (χ0n) is 14.6. The maximum absolute atomic E-state index is 13.1. The van der Waals surface area contributed by atoms with E-state index in [9.17, 15) is 4.79 Å². The smallest absolute Gasteiger partial charge is 0.276 e. The number of methoxy groups -OCH3 is 1. The normalized spacial score (nSPS) is 13.5. The number of nitrogens with zero attached hydrogens (tertiary/aromatic N) is 4. The van der Waals surface area contributed by atoms with Gasteiger partial charge in [-0.05, 0) is 29.7 Å². The second-order valence-electron chi connectivity index (χ2n) is 6.31. The van der Waals surface area contributed by atoms with Gasteiger partial charge in [-0.3, -0.25) is 4.79 Å². The van der Waals surface area contributed by atoms with Gasteiger partial charge >= 0.3 is 0 Å². The van der Waals surface area contributed by atoms with Gasteiger partial charge in [0.25, 0.3) is 5.91 Å². The van der Waals surface area contributed by atoms with Crippen molar-refractivity contribution in [3.63, 3.8) is 0 Å². The standard InChI is InChI=1S/C20H20N4O2/c1-26-14-18-19(21-22-24(18)17-9-3-2-4-10-17)20(25)23-12-11-15-7-5-6-8-16(15)13-23/h2-10H,11-14H2,1H3. The van der Waals surface area contributed by atoms with Crippen LogP contribution >= 0.6 is 0 Å². The van der Waals surface area contributed by atoms with Crippen LogP contribution in [0.25, 0.3) is 5.69 Å². The predicted octanol–water partition coefficient (Wildman–Crippen LogP) is 2.61. The van der Waals surface area contributed by atoms with Crippen LogP contribution < -0.4 is 0 Å². The number of para-hydroxylation sites is 1. The van der Waals surface area contributed by atoms with Crippen molar-refractivity contribution in [3.8, 4) is 5.69 Å². The number of hydrogen-bond acceptors (Lipinski definition) is 4. The summed E-state index contributed by atoms with van der Waals surface area (Å²) in [5.74, 6) is -0.103. The fourth-order valence-corrected chi connectivity index (χ4v) is 3.33. The highest BCUT2D eigenvalue weighted by atomic mass is 16.5. The largest absolute Gasteiger partial charge is 0.378 e. The molecule has 1 amide bonds. The van der Waals surface area contributed by atoms with Crippen molar-refractivity contribution < 1.29 is 9.53 Å². The molecule has 6 heteroatoms. The minimum Gasteiger partial charge on any atom is -0.378 e. The van der Waals surface area contributed by atoms with Gasteiger partial charge in [0.2, 0.25) is 0 Å². The molecule has 132 valence electrons. The Morgan fingerprint density at radius 2 is 1.81 bits per heavy atom. The molecule has 6 nitrogen and oxygen atoms in total. The van der Waals surface area contributed by atoms with Crippen LogP contribution in [0.1, 0.15) is 27.3 Å². The summed E-state index contributed by atoms with van der Waals surface area (Å²) in [4.78, 5) is 14.9. The lowest BCUT2D eigenvalue weighted by molar-refractivity contribution is 0.0723. The second-order valence-corrected chi connectivity index (χ2v) is 6.31. The molecule has 2 aromatic carbocycles. The Bertz CT molecular complexity index is 921. The number of carbonyl (C=O) groups is 1. The summed E-state index contributed by atoms with van der Waals surface area (Å²) in [5.41, 5.74) is 4.38. The van der Waals surface area contributed by atoms with Gasteiger partial charge < -0.3 is 9.64 Å². The Morgan fingerprint density at radius 1 is 1.08 bits per heavy atom. The number of fused-ring (bicyclic) bond motifs is 1. The molecule has 0 bridgehead atoms. The van der Waals surface area contributed by atoms with E-state index in [4.69, 9.17) is 4.74 Å². The quantitative estimate of drug-likeness (QED) is 0.727. The van der Waals surface area contributed by atoms with E-state index in [-0.39, 0.29) is 12.5 Å². The number of amides is 1. The molecule has 3 aromatic rings. The fourth-order valence-electron chi connectivity index (χ4n) is 3.33. The molecule has 0 aliphatic carbocycles. The predicted molar refractivity (Wildman–Crippen MR) is 97.0 cm³/mol. The van der Waals surface area contributed by atoms with E-state index < -0.39 is 0 Å². The molecule has 26 heavy (non-hydrogen) atoms. The summed E-state index contributed by atoms with van der Waals surface area (Å²) in [6.45, 7) is 1.55. The van der Waals surface area contributed by atoms with Crippen molar-refractivity contribution in [1.82, 2.24) is 19.9 Å². The zero-order chi connectivity index (χ0) is 17.9. The lowest BCUT2D eigenvalue weighted by Crippen LogP contribution is -2.36. The lowest BCUT2D eigenvalue weighted by atomic mass is 9.99. The minimum atomic E-state index is -0.103. The third kappa shape index (κ3) is 2.99. The van der Waals surface area contributed by atoms with Crippen molar-refractivity contribution in [2.75, 3.05) is 13.7 Å². The van der Waals surface area contributed by atoms with Crippen molar-refractivity contribution in [2.24, 2.45) is 0 Å². The Morgan fingerprint density at radius 3 is 2.58 bits per heavy atom. The SMILES string of the molecule is COCc1c(C(=O)N2CCc3ccccc3C2)nnn1-c1ccccc1. The monoisotopic (exact) mass is 348 g/mol. The number of aromatic nitrogens is 3. The molecule has 0 unspecified atom stereocenters. The molecule has 0 saturated carbocycles. The summed E-state index contributed by atoms with van der Waals surface area (Å²) in [5, 5.41) is 8.39. The van der Waals surface area contributed by atoms with E-state index in [2.05, 4.69) is 22.4 Å². The number of rotatable bonds is 4. The highest BCUT2D eigenvalue weighted by Crippen LogP contribution is 2.22. The summed E-state index contributed by atoms with van der Waals surface area (Å²) >= 11 is 0. The van der Waals surface area contributed by atoms with Crippen LogP contribution in [0.15, 0.2) is 54.6 Å². The zero-order valence-corrected chi connectivity index (χ0v) is 14.6. The van der Waals surface area contributed by atoms with Gasteiger partial charge in [-0.2, -0.15) is 0 Å². The minimum absolute atomic E-state index is 0.103. The Labute approximate surface area is 152 Å². The van der Waals surface area contributed by atoms with E-state index in [1.165, 1.54) is 11.1 Å². The van der Waals surface area contributed by atoms with Crippen LogP contribution in [-0.4, -0.2) is 39.5 Å². The summed E-state index contributed by atoms with van der Waals surface area (Å²) < 4.78 is 6.99. The van der Waals surface area contributed by atoms with E-state index in [1.807, 2.05) is 47.4 Å². The number of ether oxygens (including phenoxy) is 1. The van der Waals surface area contributed by atoms with E-state index >= 15 is 0 Å². The van der Waals surface area contributed by atoms with Gasteiger partial charge in [0, 0.05) is 20.2 Å². The van der Waals surface area contributed by atoms with Crippen molar-refractivity contribution >= 4 is 5.91 Å². The number of hydrogen-bond donors (Lipinski definition) is 0. The molecular weight excluding hydrogens is 328 g/mol. The molecule has 1 aliphatic heterocycles. The molecule has 0 N–H and O–H groups in total. The second kappa shape index (κ2) is 7.09. The van der Waals surface area contributed by atoms with Crippen LogP contribution in [-0.2, 0) is 24.3 Å². The molecule has 4 rings (SSSR count). The van der Waals surface area contributed by atoms with E-state index in [0.29, 0.717) is 24.5 Å². The van der Waals surface area contributed by atoms with Gasteiger partial charge in [0.05, 0.1) is 12.3 Å². The molecule has 0 saturated heterocycles. The molecule has 0 atom stereocenters. The van der Waals surface area contributed by atoms with Gasteiger partial charge in [0.1, 0.15) is 5.69 Å². The highest BCUT2D eigenvalue weighted by Gasteiger charge is 2.27. The van der Waals surface area contributed by atoms with Crippen LogP contribution in [0.5, 0.6) is 0 Å². The lowest BCUT2D eigenvalue weighted by Gasteiger charge is -2.28. The van der Waals surface area contributed by atoms with Crippen LogP contribution in [0.4, 0.5) is 0 Å². The Balaban J connectivity index is 1.65. The first kappa shape index (κ1) is 16.5. The van der Waals surface area contributed by atoms with Gasteiger partial charge in [-0.15, -0.1) is 5.10 Å². The van der Waals surface area contributed by atoms with Crippen molar-refractivity contribution in [2.45, 2.75) is 19.6 Å². The third-order valence-corrected chi connectivity index (χ3v) is 4.67. The van der Waals surface area contributed by atoms with Gasteiger partial charge in [0.15, 0.2) is 5.69 Å². The fraction of sp³-hybridized carbons (Fsp3) is 0.250. The highest BCUT2D eigenvalue weighted by molar-refractivity contribution is 5.93. The van der Waals surface area contributed by atoms with Crippen molar-refractivity contribution in [1.29, 1.82) is 0 Å². The first-order valence-corrected chi connectivity index (χ1v) is 8.63. The first-order valence-electron chi connectivity index (χ1n) is 8.63. The molecular formula is C20H20N4O2. The van der Waals surface area contributed by atoms with Crippen LogP contribution in [0.3, 0.4) is 0 Å². The number of benzene rings is 2. The summed E-state index contributed by atoms with van der Waals surface area (Å²) in [6.07, 6.45) is 0.856. The third-order valence-electron chi connectivity index (χ3n) is 4.67. The number of carbonyl (C=O) groups excluding carboxylic acids is 1. The maximum atomic E-state index is 13.1. The van der Waals surface area contributed by atoms with Gasteiger partial charge in [-0.1, -0.05) is 47.7 Å². The average molecular weight is 348 g/mol. The Kier molecular flexibility index (Phi) is 4.50. The van der Waals surface area contributed by atoms with E-state index in [0.717, 1.165) is 12.1 Å². The summed E-state index contributed by atoms with van der Waals surface area (Å²) in [6, 6.07) is 17.9. The molecule has 1 aromatic heterocycles. The van der Waals surface area contributed by atoms with Crippen molar-refractivity contribution in [3.05, 3.63) is 77.1 Å². The van der Waals surface area contributed by atoms with E-state index in [1.54, 1.807) is 11.8 Å². The first-order chi connectivity index (χ1) is 12.8. The summed E-state index contributed by atoms with van der Waals surface area (Å²) in [7, 11) is 1.60. The van der Waals surface area contributed by atoms with Crippen LogP contribution in [0.2, 0.25) is 0 Å². The molecule has 0 fully saturated rings. The van der Waals surface area contributed by atoms with Crippen LogP contribution in [0, 0.1) is 0 Å². The molecule has 2 heterocycles. The maximum Gasteiger partial charge on any atom is 0.276 e. The van der Waals surface area contributed by atoms with Gasteiger partial charge in [-0.25, -0.2) is 4.68 Å². The Hall–Kier alpha value is -2.99.